The summed E-state index contributed by atoms with van der Waals surface area (Å²) in [5.74, 6) is -0.566. The molecule has 0 saturated heterocycles. The van der Waals surface area contributed by atoms with Crippen LogP contribution in [0.1, 0.15) is 45.4 Å². The predicted octanol–water partition coefficient (Wildman–Crippen LogP) is 1.89. The van der Waals surface area contributed by atoms with Gasteiger partial charge in [-0.2, -0.15) is 8.42 Å². The molecule has 0 atom stereocenters. The van der Waals surface area contributed by atoms with Gasteiger partial charge in [-0.15, -0.1) is 0 Å². The molecule has 0 aromatic rings. The van der Waals surface area contributed by atoms with Crippen molar-refractivity contribution in [3.8, 4) is 0 Å². The van der Waals surface area contributed by atoms with Crippen molar-refractivity contribution in [2.75, 3.05) is 5.75 Å². The zero-order valence-electron chi connectivity index (χ0n) is 10.4. The number of amides is 1. The van der Waals surface area contributed by atoms with Gasteiger partial charge in [0.2, 0.25) is 5.91 Å². The zero-order valence-corrected chi connectivity index (χ0v) is 11.2. The Morgan fingerprint density at radius 1 is 1.24 bits per heavy atom. The molecular weight excluding hydrogens is 242 g/mol. The molecule has 0 aliphatic heterocycles. The van der Waals surface area contributed by atoms with Gasteiger partial charge in [0, 0.05) is 0 Å². The SMILES string of the molecule is C=CC(N)=O.CCCCCCCCS(=O)(=O)O. The van der Waals surface area contributed by atoms with Crippen molar-refractivity contribution in [1.29, 1.82) is 0 Å². The van der Waals surface area contributed by atoms with Crippen molar-refractivity contribution in [1.82, 2.24) is 0 Å². The molecule has 0 heterocycles. The summed E-state index contributed by atoms with van der Waals surface area (Å²) in [7, 11) is -3.72. The predicted molar refractivity (Wildman–Crippen MR) is 69.2 cm³/mol. The second kappa shape index (κ2) is 11.6. The van der Waals surface area contributed by atoms with E-state index < -0.39 is 16.0 Å². The Morgan fingerprint density at radius 3 is 2.00 bits per heavy atom. The monoisotopic (exact) mass is 265 g/mol. The Bertz CT molecular complexity index is 299. The Labute approximate surface area is 104 Å². The first-order valence-corrected chi connectivity index (χ1v) is 7.31. The molecule has 0 aliphatic carbocycles. The molecule has 0 aromatic carbocycles. The molecule has 0 unspecified atom stereocenters. The highest BCUT2D eigenvalue weighted by Crippen LogP contribution is 2.05. The lowest BCUT2D eigenvalue weighted by Gasteiger charge is -1.98. The van der Waals surface area contributed by atoms with E-state index in [0.717, 1.165) is 18.9 Å². The van der Waals surface area contributed by atoms with E-state index in [2.05, 4.69) is 19.2 Å². The number of hydrogen-bond donors (Lipinski definition) is 2. The summed E-state index contributed by atoms with van der Waals surface area (Å²) in [6, 6.07) is 0. The minimum Gasteiger partial charge on any atom is -0.366 e. The van der Waals surface area contributed by atoms with Gasteiger partial charge in [-0.25, -0.2) is 0 Å². The first-order chi connectivity index (χ1) is 7.83. The summed E-state index contributed by atoms with van der Waals surface area (Å²) in [6.07, 6.45) is 7.19. The standard InChI is InChI=1S/C8H18O3S.C3H5NO/c1-2-3-4-5-6-7-8-12(9,10)11;1-2-3(4)5/h2-8H2,1H3,(H,9,10,11);2H,1H2,(H2,4,5). The third kappa shape index (κ3) is 25.4. The fraction of sp³-hybridized carbons (Fsp3) is 0.727. The largest absolute Gasteiger partial charge is 0.366 e. The van der Waals surface area contributed by atoms with Crippen LogP contribution in [0, 0.1) is 0 Å². The first-order valence-electron chi connectivity index (χ1n) is 5.70. The molecule has 0 rings (SSSR count). The van der Waals surface area contributed by atoms with Gasteiger partial charge in [-0.3, -0.25) is 9.35 Å². The molecule has 0 spiro atoms. The molecule has 0 bridgehead atoms. The van der Waals surface area contributed by atoms with Crippen molar-refractivity contribution in [3.63, 3.8) is 0 Å². The highest BCUT2D eigenvalue weighted by molar-refractivity contribution is 7.85. The molecule has 17 heavy (non-hydrogen) atoms. The highest BCUT2D eigenvalue weighted by Gasteiger charge is 2.02. The third-order valence-electron chi connectivity index (χ3n) is 1.96. The molecule has 0 radical (unpaired) electrons. The normalized spacial score (nSPS) is 10.2. The van der Waals surface area contributed by atoms with Crippen LogP contribution in [0.5, 0.6) is 0 Å². The first kappa shape index (κ1) is 18.5. The van der Waals surface area contributed by atoms with E-state index >= 15 is 0 Å². The second-order valence-electron chi connectivity index (χ2n) is 3.66. The van der Waals surface area contributed by atoms with Crippen molar-refractivity contribution in [2.45, 2.75) is 45.4 Å². The van der Waals surface area contributed by atoms with E-state index in [1.165, 1.54) is 19.3 Å². The average molecular weight is 265 g/mol. The van der Waals surface area contributed by atoms with Crippen molar-refractivity contribution >= 4 is 16.0 Å². The van der Waals surface area contributed by atoms with Gasteiger partial charge in [0.25, 0.3) is 10.1 Å². The molecule has 5 nitrogen and oxygen atoms in total. The van der Waals surface area contributed by atoms with E-state index in [9.17, 15) is 13.2 Å². The molecule has 0 saturated carbocycles. The van der Waals surface area contributed by atoms with Gasteiger partial charge in [-0.05, 0) is 12.5 Å². The zero-order chi connectivity index (χ0) is 13.7. The molecule has 6 heteroatoms. The van der Waals surface area contributed by atoms with Crippen LogP contribution in [0.25, 0.3) is 0 Å². The fourth-order valence-corrected chi connectivity index (χ4v) is 1.63. The van der Waals surface area contributed by atoms with Crippen LogP contribution in [0.4, 0.5) is 0 Å². The van der Waals surface area contributed by atoms with E-state index in [1.807, 2.05) is 0 Å². The van der Waals surface area contributed by atoms with Crippen LogP contribution in [-0.4, -0.2) is 24.6 Å². The summed E-state index contributed by atoms with van der Waals surface area (Å²) >= 11 is 0. The quantitative estimate of drug-likeness (QED) is 0.398. The molecule has 102 valence electrons. The van der Waals surface area contributed by atoms with Crippen LogP contribution in [0.3, 0.4) is 0 Å². The van der Waals surface area contributed by atoms with Crippen LogP contribution in [0.15, 0.2) is 12.7 Å². The van der Waals surface area contributed by atoms with Crippen molar-refractivity contribution in [2.24, 2.45) is 5.73 Å². The second-order valence-corrected chi connectivity index (χ2v) is 5.23. The van der Waals surface area contributed by atoms with Crippen molar-refractivity contribution in [3.05, 3.63) is 12.7 Å². The molecule has 0 aromatic heterocycles. The number of nitrogens with two attached hydrogens (primary N) is 1. The Morgan fingerprint density at radius 2 is 1.65 bits per heavy atom. The van der Waals surface area contributed by atoms with Gasteiger partial charge in [0.15, 0.2) is 0 Å². The number of carbonyl (C=O) groups excluding carboxylic acids is 1. The molecule has 0 aliphatic rings. The Balaban J connectivity index is 0. The number of unbranched alkanes of at least 4 members (excludes halogenated alkanes) is 5. The van der Waals surface area contributed by atoms with Gasteiger partial charge in [-0.1, -0.05) is 45.6 Å². The highest BCUT2D eigenvalue weighted by atomic mass is 32.2. The van der Waals surface area contributed by atoms with Crippen LogP contribution >= 0.6 is 0 Å². The summed E-state index contributed by atoms with van der Waals surface area (Å²) in [6.45, 7) is 5.22. The summed E-state index contributed by atoms with van der Waals surface area (Å²) in [5, 5.41) is 0. The van der Waals surface area contributed by atoms with Gasteiger partial charge >= 0.3 is 0 Å². The maximum atomic E-state index is 10.3. The number of primary amides is 1. The smallest absolute Gasteiger partial charge is 0.264 e. The minimum atomic E-state index is -3.72. The summed E-state index contributed by atoms with van der Waals surface area (Å²) < 4.78 is 28.9. The minimum absolute atomic E-state index is 0.0842. The molecular formula is C11H23NO4S. The average Bonchev–Trinajstić information content (AvgIpc) is 2.22. The summed E-state index contributed by atoms with van der Waals surface area (Å²) in [5.41, 5.74) is 4.53. The van der Waals surface area contributed by atoms with Crippen molar-refractivity contribution < 1.29 is 17.8 Å². The van der Waals surface area contributed by atoms with E-state index in [-0.39, 0.29) is 5.75 Å². The number of carbonyl (C=O) groups is 1. The topological polar surface area (TPSA) is 97.5 Å². The third-order valence-corrected chi connectivity index (χ3v) is 2.76. The number of rotatable bonds is 8. The Hall–Kier alpha value is -0.880. The Kier molecular flexibility index (Phi) is 12.6. The molecule has 1 amide bonds. The van der Waals surface area contributed by atoms with Crippen LogP contribution in [0.2, 0.25) is 0 Å². The lowest BCUT2D eigenvalue weighted by Crippen LogP contribution is -2.04. The molecule has 3 N–H and O–H groups in total. The number of hydrogen-bond acceptors (Lipinski definition) is 3. The van der Waals surface area contributed by atoms with Crippen LogP contribution in [-0.2, 0) is 14.9 Å². The lowest BCUT2D eigenvalue weighted by molar-refractivity contribution is -0.113. The van der Waals surface area contributed by atoms with E-state index in [4.69, 9.17) is 4.55 Å². The fourth-order valence-electron chi connectivity index (χ4n) is 1.06. The molecule has 0 fully saturated rings. The van der Waals surface area contributed by atoms with Gasteiger partial charge in [0.1, 0.15) is 0 Å². The lowest BCUT2D eigenvalue weighted by atomic mass is 10.1. The maximum absolute atomic E-state index is 10.3. The van der Waals surface area contributed by atoms with Gasteiger partial charge in [0.05, 0.1) is 5.75 Å². The van der Waals surface area contributed by atoms with E-state index in [0.29, 0.717) is 6.42 Å². The van der Waals surface area contributed by atoms with Gasteiger partial charge < -0.3 is 5.73 Å². The maximum Gasteiger partial charge on any atom is 0.264 e. The van der Waals surface area contributed by atoms with E-state index in [1.54, 1.807) is 0 Å². The van der Waals surface area contributed by atoms with Crippen LogP contribution < -0.4 is 5.73 Å². The summed E-state index contributed by atoms with van der Waals surface area (Å²) in [4.78, 5) is 9.47.